The number of fused-ring (bicyclic) bond motifs is 5. The van der Waals surface area contributed by atoms with E-state index in [1.165, 1.54) is 0 Å². The molecule has 2 heterocycles. The van der Waals surface area contributed by atoms with E-state index in [0.29, 0.717) is 44.9 Å². The topological polar surface area (TPSA) is 239 Å². The van der Waals surface area contributed by atoms with Gasteiger partial charge in [-0.15, -0.1) is 0 Å². The van der Waals surface area contributed by atoms with Crippen molar-refractivity contribution in [3.8, 4) is 0 Å². The van der Waals surface area contributed by atoms with Gasteiger partial charge in [0, 0.05) is 0 Å². The van der Waals surface area contributed by atoms with Crippen LogP contribution < -0.4 is 0 Å². The molecule has 2 aliphatic heterocycles. The molecule has 6 fully saturated rings. The summed E-state index contributed by atoms with van der Waals surface area (Å²) in [6, 6.07) is 0. The summed E-state index contributed by atoms with van der Waals surface area (Å²) < 4.78 is 25.4. The standard InChI is InChI=1S/C42H72O14/c1-20(2)10-9-13-42(8,56-37-34(52)32(50)30(48)25(19-44)55-37)21-11-15-40(6)28(21)22(45)16-26-39(5)14-12-27(46)38(3,4)35(39)23(17-41(26,40)7)53-36-33(51)31(49)29(47)24(18-43)54-36/h10,21-37,43-52H,9,11-19H2,1-8H3/t21-,22+,23-,24+,25+,26+,27-,28-,29+,30+,31-,32?,33+,34?,35-,36+,37-,39+,40+,41+,42-/m0/s1. The van der Waals surface area contributed by atoms with Crippen LogP contribution in [0.5, 0.6) is 0 Å². The van der Waals surface area contributed by atoms with Crippen LogP contribution in [0.25, 0.3) is 0 Å². The third kappa shape index (κ3) is 7.06. The molecule has 0 aromatic carbocycles. The number of hydrogen-bond donors (Lipinski definition) is 10. The maximum Gasteiger partial charge on any atom is 0.187 e. The molecule has 56 heavy (non-hydrogen) atoms. The first kappa shape index (κ1) is 44.7. The minimum absolute atomic E-state index is 0.000258. The van der Waals surface area contributed by atoms with Crippen LogP contribution in [0, 0.1) is 45.3 Å². The Kier molecular flexibility index (Phi) is 12.7. The average Bonchev–Trinajstić information content (AvgIpc) is 3.52. The summed E-state index contributed by atoms with van der Waals surface area (Å²) in [6.07, 6.45) is -9.52. The van der Waals surface area contributed by atoms with E-state index in [0.717, 1.165) is 12.0 Å². The van der Waals surface area contributed by atoms with Gasteiger partial charge in [-0.3, -0.25) is 0 Å². The van der Waals surface area contributed by atoms with Gasteiger partial charge in [-0.05, 0) is 117 Å². The maximum absolute atomic E-state index is 12.6. The van der Waals surface area contributed by atoms with Gasteiger partial charge in [0.25, 0.3) is 0 Å². The molecule has 324 valence electrons. The van der Waals surface area contributed by atoms with Crippen molar-refractivity contribution in [2.75, 3.05) is 13.2 Å². The van der Waals surface area contributed by atoms with Crippen LogP contribution in [0.4, 0.5) is 0 Å². The fraction of sp³-hybridized carbons (Fsp3) is 0.952. The van der Waals surface area contributed by atoms with E-state index in [1.54, 1.807) is 0 Å². The Morgan fingerprint density at radius 2 is 1.32 bits per heavy atom. The van der Waals surface area contributed by atoms with Gasteiger partial charge in [-0.25, -0.2) is 0 Å². The minimum Gasteiger partial charge on any atom is -0.394 e. The summed E-state index contributed by atoms with van der Waals surface area (Å²) in [4.78, 5) is 0. The largest absolute Gasteiger partial charge is 0.394 e. The van der Waals surface area contributed by atoms with Gasteiger partial charge in [0.05, 0.1) is 37.1 Å². The Labute approximate surface area is 331 Å². The van der Waals surface area contributed by atoms with Crippen molar-refractivity contribution in [1.82, 2.24) is 0 Å². The quantitative estimate of drug-likeness (QED) is 0.110. The van der Waals surface area contributed by atoms with E-state index in [2.05, 4.69) is 26.8 Å². The molecule has 14 nitrogen and oxygen atoms in total. The van der Waals surface area contributed by atoms with Gasteiger partial charge in [0.1, 0.15) is 48.8 Å². The van der Waals surface area contributed by atoms with E-state index < -0.39 is 120 Å². The van der Waals surface area contributed by atoms with Crippen molar-refractivity contribution in [3.63, 3.8) is 0 Å². The summed E-state index contributed by atoms with van der Waals surface area (Å²) in [5, 5.41) is 109. The number of rotatable bonds is 10. The Morgan fingerprint density at radius 3 is 1.89 bits per heavy atom. The summed E-state index contributed by atoms with van der Waals surface area (Å²) in [5.74, 6) is -0.781. The van der Waals surface area contributed by atoms with Gasteiger partial charge >= 0.3 is 0 Å². The lowest BCUT2D eigenvalue weighted by Gasteiger charge is -2.72. The zero-order chi connectivity index (χ0) is 41.5. The number of aliphatic hydroxyl groups excluding tert-OH is 10. The molecular formula is C42H72O14. The highest BCUT2D eigenvalue weighted by atomic mass is 16.7. The molecule has 4 saturated carbocycles. The molecule has 21 atom stereocenters. The lowest BCUT2D eigenvalue weighted by Crippen LogP contribution is -2.71. The van der Waals surface area contributed by atoms with E-state index in [9.17, 15) is 51.1 Å². The second-order valence-electron chi connectivity index (χ2n) is 20.2. The van der Waals surface area contributed by atoms with Crippen molar-refractivity contribution in [3.05, 3.63) is 11.6 Å². The smallest absolute Gasteiger partial charge is 0.187 e. The zero-order valence-electron chi connectivity index (χ0n) is 34.6. The first-order chi connectivity index (χ1) is 26.0. The predicted octanol–water partition coefficient (Wildman–Crippen LogP) is 1.12. The van der Waals surface area contributed by atoms with Crippen molar-refractivity contribution in [2.45, 2.75) is 192 Å². The molecular weight excluding hydrogens is 728 g/mol. The highest BCUT2D eigenvalue weighted by Crippen LogP contribution is 2.76. The molecule has 0 aromatic rings. The van der Waals surface area contributed by atoms with Crippen molar-refractivity contribution in [2.24, 2.45) is 45.3 Å². The average molecular weight is 801 g/mol. The Bertz CT molecular complexity index is 1400. The molecule has 14 heteroatoms. The normalized spacial score (nSPS) is 52.6. The number of aliphatic hydroxyl groups is 10. The molecule has 2 unspecified atom stereocenters. The number of ether oxygens (including phenoxy) is 4. The molecule has 0 spiro atoms. The fourth-order valence-corrected chi connectivity index (χ4v) is 13.5. The van der Waals surface area contributed by atoms with E-state index in [1.807, 2.05) is 34.6 Å². The van der Waals surface area contributed by atoms with Gasteiger partial charge in [0.2, 0.25) is 0 Å². The summed E-state index contributed by atoms with van der Waals surface area (Å²) >= 11 is 0. The van der Waals surface area contributed by atoms with Crippen LogP contribution in [-0.4, -0.2) is 150 Å². The van der Waals surface area contributed by atoms with Crippen LogP contribution in [-0.2, 0) is 18.9 Å². The number of hydrogen-bond acceptors (Lipinski definition) is 14. The van der Waals surface area contributed by atoms with Crippen molar-refractivity contribution in [1.29, 1.82) is 0 Å². The minimum atomic E-state index is -1.61. The molecule has 2 saturated heterocycles. The Morgan fingerprint density at radius 1 is 0.750 bits per heavy atom. The number of allylic oxidation sites excluding steroid dienone is 2. The first-order valence-electron chi connectivity index (χ1n) is 21.0. The second-order valence-corrected chi connectivity index (χ2v) is 20.2. The summed E-state index contributed by atoms with van der Waals surface area (Å²) in [6.45, 7) is 15.7. The van der Waals surface area contributed by atoms with E-state index >= 15 is 0 Å². The van der Waals surface area contributed by atoms with Crippen LogP contribution >= 0.6 is 0 Å². The third-order valence-electron chi connectivity index (χ3n) is 16.6. The molecule has 6 aliphatic rings. The van der Waals surface area contributed by atoms with Crippen molar-refractivity contribution >= 4 is 0 Å². The zero-order valence-corrected chi connectivity index (χ0v) is 34.6. The summed E-state index contributed by atoms with van der Waals surface area (Å²) in [7, 11) is 0. The first-order valence-corrected chi connectivity index (χ1v) is 21.0. The molecule has 0 radical (unpaired) electrons. The van der Waals surface area contributed by atoms with Crippen LogP contribution in [0.2, 0.25) is 0 Å². The fourth-order valence-electron chi connectivity index (χ4n) is 13.5. The molecule has 4 aliphatic carbocycles. The van der Waals surface area contributed by atoms with Gasteiger partial charge in [-0.2, -0.15) is 0 Å². The lowest BCUT2D eigenvalue weighted by atomic mass is 9.34. The van der Waals surface area contributed by atoms with Crippen LogP contribution in [0.15, 0.2) is 11.6 Å². The van der Waals surface area contributed by atoms with Crippen LogP contribution in [0.3, 0.4) is 0 Å². The summed E-state index contributed by atoms with van der Waals surface area (Å²) in [5.41, 5.74) is -1.92. The van der Waals surface area contributed by atoms with E-state index in [4.69, 9.17) is 18.9 Å². The Hall–Kier alpha value is -0.820. The molecule has 10 N–H and O–H groups in total. The van der Waals surface area contributed by atoms with Crippen molar-refractivity contribution < 1.29 is 70.0 Å². The molecule has 0 aromatic heterocycles. The van der Waals surface area contributed by atoms with E-state index in [-0.39, 0.29) is 23.7 Å². The third-order valence-corrected chi connectivity index (χ3v) is 16.6. The Balaban J connectivity index is 1.39. The van der Waals surface area contributed by atoms with Gasteiger partial charge in [0.15, 0.2) is 12.6 Å². The monoisotopic (exact) mass is 800 g/mol. The van der Waals surface area contributed by atoms with Gasteiger partial charge < -0.3 is 70.0 Å². The highest BCUT2D eigenvalue weighted by molar-refractivity contribution is 5.22. The molecule has 0 bridgehead atoms. The SMILES string of the molecule is CC(C)=CCC[C@](C)(O[C@@H]1O[C@H](CO)[C@@H](O)C(O)C1O)[C@H]1CC[C@]2(C)[C@@H]1[C@H](O)C[C@@H]1[C@@]3(C)CC[C@H](O)C(C)(C)[C@@H]3[C@@H](O[C@@H]3O[C@H](CO)[C@@H](O)[C@H](O)[C@H]3O)C[C@]12C. The van der Waals surface area contributed by atoms with Crippen LogP contribution in [0.1, 0.15) is 107 Å². The predicted molar refractivity (Wildman–Crippen MR) is 202 cm³/mol. The highest BCUT2D eigenvalue weighted by Gasteiger charge is 2.74. The molecule has 0 amide bonds. The lowest BCUT2D eigenvalue weighted by molar-refractivity contribution is -0.349. The second kappa shape index (κ2) is 15.9. The molecule has 6 rings (SSSR count). The van der Waals surface area contributed by atoms with Gasteiger partial charge in [-0.1, -0.05) is 46.3 Å². The maximum atomic E-state index is 12.6.